The van der Waals surface area contributed by atoms with E-state index < -0.39 is 5.97 Å². The molecule has 2 N–H and O–H groups in total. The Balaban J connectivity index is 1.48. The second kappa shape index (κ2) is 7.28. The monoisotopic (exact) mass is 301 g/mol. The van der Waals surface area contributed by atoms with E-state index in [1.807, 2.05) is 0 Å². The normalized spacial score (nSPS) is 32.0. The molecule has 120 valence electrons. The van der Waals surface area contributed by atoms with Crippen LogP contribution >= 0.6 is 0 Å². The first kappa shape index (κ1) is 15.5. The van der Waals surface area contributed by atoms with E-state index in [9.17, 15) is 4.79 Å². The first-order valence-corrected chi connectivity index (χ1v) is 8.75. The number of hydrogen-bond acceptors (Lipinski definition) is 2. The molecule has 0 amide bonds. The zero-order chi connectivity index (χ0) is 15.4. The SMILES string of the molecule is O=C(O)C1CCC(NCC2CCCC2c2ccccc2)CC1. The third kappa shape index (κ3) is 3.70. The molecule has 0 aromatic heterocycles. The molecule has 2 aliphatic rings. The molecule has 2 fully saturated rings. The summed E-state index contributed by atoms with van der Waals surface area (Å²) in [6.45, 7) is 1.09. The number of hydrogen-bond donors (Lipinski definition) is 2. The van der Waals surface area contributed by atoms with Gasteiger partial charge in [-0.15, -0.1) is 0 Å². The Morgan fingerprint density at radius 1 is 1.05 bits per heavy atom. The summed E-state index contributed by atoms with van der Waals surface area (Å²) in [5.41, 5.74) is 1.49. The number of carboxylic acids is 1. The lowest BCUT2D eigenvalue weighted by atomic mass is 9.85. The fourth-order valence-electron chi connectivity index (χ4n) is 4.28. The standard InChI is InChI=1S/C19H27NO2/c21-19(22)15-9-11-17(12-10-15)20-13-16-7-4-8-18(16)14-5-2-1-3-6-14/h1-3,5-6,15-18,20H,4,7-13H2,(H,21,22). The van der Waals surface area contributed by atoms with Gasteiger partial charge >= 0.3 is 5.97 Å². The van der Waals surface area contributed by atoms with Gasteiger partial charge < -0.3 is 10.4 Å². The summed E-state index contributed by atoms with van der Waals surface area (Å²) >= 11 is 0. The van der Waals surface area contributed by atoms with Crippen molar-refractivity contribution in [3.8, 4) is 0 Å². The van der Waals surface area contributed by atoms with Crippen molar-refractivity contribution in [3.05, 3.63) is 35.9 Å². The molecule has 0 spiro atoms. The van der Waals surface area contributed by atoms with Gasteiger partial charge in [0.05, 0.1) is 5.92 Å². The highest BCUT2D eigenvalue weighted by atomic mass is 16.4. The number of rotatable bonds is 5. The lowest BCUT2D eigenvalue weighted by molar-refractivity contribution is -0.142. The Hall–Kier alpha value is -1.35. The lowest BCUT2D eigenvalue weighted by Gasteiger charge is -2.29. The lowest BCUT2D eigenvalue weighted by Crippen LogP contribution is -2.38. The summed E-state index contributed by atoms with van der Waals surface area (Å²) in [4.78, 5) is 11.0. The highest BCUT2D eigenvalue weighted by molar-refractivity contribution is 5.70. The summed E-state index contributed by atoms with van der Waals surface area (Å²) in [6, 6.07) is 11.4. The molecule has 3 heteroatoms. The average molecular weight is 301 g/mol. The number of carboxylic acid groups (broad SMARTS) is 1. The minimum absolute atomic E-state index is 0.110. The Labute approximate surface area is 133 Å². The molecule has 2 unspecified atom stereocenters. The molecular formula is C19H27NO2. The number of aliphatic carboxylic acids is 1. The van der Waals surface area contributed by atoms with Gasteiger partial charge in [0, 0.05) is 6.04 Å². The summed E-state index contributed by atoms with van der Waals surface area (Å²) in [5.74, 6) is 0.712. The van der Waals surface area contributed by atoms with Gasteiger partial charge in [0.15, 0.2) is 0 Å². The van der Waals surface area contributed by atoms with Crippen molar-refractivity contribution in [2.24, 2.45) is 11.8 Å². The Bertz CT molecular complexity index is 479. The molecular weight excluding hydrogens is 274 g/mol. The summed E-state index contributed by atoms with van der Waals surface area (Å²) in [7, 11) is 0. The Morgan fingerprint density at radius 2 is 1.77 bits per heavy atom. The molecule has 0 heterocycles. The number of benzene rings is 1. The van der Waals surface area contributed by atoms with Gasteiger partial charge in [-0.1, -0.05) is 36.8 Å². The van der Waals surface area contributed by atoms with Crippen molar-refractivity contribution in [2.75, 3.05) is 6.54 Å². The van der Waals surface area contributed by atoms with Crippen LogP contribution in [0.4, 0.5) is 0 Å². The van der Waals surface area contributed by atoms with Crippen LogP contribution in [0.15, 0.2) is 30.3 Å². The first-order valence-electron chi connectivity index (χ1n) is 8.75. The van der Waals surface area contributed by atoms with Crippen LogP contribution in [-0.2, 0) is 4.79 Å². The molecule has 2 aliphatic carbocycles. The summed E-state index contributed by atoms with van der Waals surface area (Å²) in [6.07, 6.45) is 7.65. The van der Waals surface area contributed by atoms with Gasteiger partial charge in [0.2, 0.25) is 0 Å². The van der Waals surface area contributed by atoms with Crippen molar-refractivity contribution in [2.45, 2.75) is 56.9 Å². The van der Waals surface area contributed by atoms with E-state index in [2.05, 4.69) is 35.6 Å². The fraction of sp³-hybridized carbons (Fsp3) is 0.632. The molecule has 22 heavy (non-hydrogen) atoms. The second-order valence-electron chi connectivity index (χ2n) is 7.00. The molecule has 2 atom stereocenters. The zero-order valence-electron chi connectivity index (χ0n) is 13.2. The van der Waals surface area contributed by atoms with Crippen LogP contribution < -0.4 is 5.32 Å². The van der Waals surface area contributed by atoms with Crippen LogP contribution in [0.3, 0.4) is 0 Å². The minimum Gasteiger partial charge on any atom is -0.481 e. The summed E-state index contributed by atoms with van der Waals surface area (Å²) in [5, 5.41) is 12.8. The van der Waals surface area contributed by atoms with E-state index in [4.69, 9.17) is 5.11 Å². The van der Waals surface area contributed by atoms with Gasteiger partial charge in [0.25, 0.3) is 0 Å². The molecule has 0 radical (unpaired) electrons. The zero-order valence-corrected chi connectivity index (χ0v) is 13.2. The van der Waals surface area contributed by atoms with Crippen LogP contribution in [0.5, 0.6) is 0 Å². The Kier molecular flexibility index (Phi) is 5.14. The summed E-state index contributed by atoms with van der Waals surface area (Å²) < 4.78 is 0. The van der Waals surface area contributed by atoms with Crippen LogP contribution in [-0.4, -0.2) is 23.7 Å². The molecule has 1 aromatic rings. The Morgan fingerprint density at radius 3 is 2.45 bits per heavy atom. The topological polar surface area (TPSA) is 49.3 Å². The highest BCUT2D eigenvalue weighted by Gasteiger charge is 2.30. The van der Waals surface area contributed by atoms with E-state index >= 15 is 0 Å². The second-order valence-corrected chi connectivity index (χ2v) is 7.00. The van der Waals surface area contributed by atoms with Crippen molar-refractivity contribution in [1.29, 1.82) is 0 Å². The van der Waals surface area contributed by atoms with Crippen LogP contribution in [0.2, 0.25) is 0 Å². The van der Waals surface area contributed by atoms with E-state index in [1.54, 1.807) is 0 Å². The van der Waals surface area contributed by atoms with Crippen molar-refractivity contribution in [3.63, 3.8) is 0 Å². The molecule has 0 bridgehead atoms. The third-order valence-electron chi connectivity index (χ3n) is 5.63. The predicted octanol–water partition coefficient (Wildman–Crippen LogP) is 3.80. The van der Waals surface area contributed by atoms with E-state index in [0.29, 0.717) is 12.0 Å². The largest absolute Gasteiger partial charge is 0.481 e. The number of carbonyl (C=O) groups is 1. The predicted molar refractivity (Wildman–Crippen MR) is 87.9 cm³/mol. The maximum atomic E-state index is 11.0. The minimum atomic E-state index is -0.613. The van der Waals surface area contributed by atoms with Crippen LogP contribution in [0.1, 0.15) is 56.4 Å². The smallest absolute Gasteiger partial charge is 0.306 e. The van der Waals surface area contributed by atoms with Crippen LogP contribution in [0, 0.1) is 11.8 Å². The maximum absolute atomic E-state index is 11.0. The van der Waals surface area contributed by atoms with E-state index in [1.165, 1.54) is 24.8 Å². The molecule has 3 nitrogen and oxygen atoms in total. The van der Waals surface area contributed by atoms with Gasteiger partial charge in [0.1, 0.15) is 0 Å². The third-order valence-corrected chi connectivity index (χ3v) is 5.63. The van der Waals surface area contributed by atoms with E-state index in [0.717, 1.165) is 38.1 Å². The van der Waals surface area contributed by atoms with Gasteiger partial charge in [-0.3, -0.25) is 4.79 Å². The van der Waals surface area contributed by atoms with Crippen molar-refractivity contribution in [1.82, 2.24) is 5.32 Å². The molecule has 1 aromatic carbocycles. The van der Waals surface area contributed by atoms with Gasteiger partial charge in [-0.2, -0.15) is 0 Å². The van der Waals surface area contributed by atoms with Crippen LogP contribution in [0.25, 0.3) is 0 Å². The van der Waals surface area contributed by atoms with E-state index in [-0.39, 0.29) is 5.92 Å². The molecule has 0 saturated heterocycles. The highest BCUT2D eigenvalue weighted by Crippen LogP contribution is 2.39. The average Bonchev–Trinajstić information content (AvgIpc) is 3.02. The van der Waals surface area contributed by atoms with Gasteiger partial charge in [-0.25, -0.2) is 0 Å². The maximum Gasteiger partial charge on any atom is 0.306 e. The fourth-order valence-corrected chi connectivity index (χ4v) is 4.28. The number of nitrogens with one attached hydrogen (secondary N) is 1. The molecule has 3 rings (SSSR count). The first-order chi connectivity index (χ1) is 10.7. The molecule has 2 saturated carbocycles. The van der Waals surface area contributed by atoms with Gasteiger partial charge in [-0.05, 0) is 62.5 Å². The van der Waals surface area contributed by atoms with Crippen molar-refractivity contribution < 1.29 is 9.90 Å². The quantitative estimate of drug-likeness (QED) is 0.869. The molecule has 0 aliphatic heterocycles. The van der Waals surface area contributed by atoms with Crippen molar-refractivity contribution >= 4 is 5.97 Å².